The molecule has 0 aliphatic carbocycles. The number of rotatable bonds is 4. The van der Waals surface area contributed by atoms with Gasteiger partial charge in [0.2, 0.25) is 5.91 Å². The Morgan fingerprint density at radius 2 is 1.89 bits per heavy atom. The summed E-state index contributed by atoms with van der Waals surface area (Å²) in [7, 11) is 0. The molecule has 6 rings (SSSR count). The van der Waals surface area contributed by atoms with Gasteiger partial charge in [-0.1, -0.05) is 48.0 Å². The number of nitrogens with one attached hydrogen (secondary N) is 1. The number of aryl methyl sites for hydroxylation is 1. The van der Waals surface area contributed by atoms with Crippen LogP contribution in [0.15, 0.2) is 82.8 Å². The molecule has 1 amide bonds. The first-order valence-electron chi connectivity index (χ1n) is 12.2. The minimum Gasteiger partial charge on any atom is -0.321 e. The highest BCUT2D eigenvalue weighted by atomic mass is 35.5. The van der Waals surface area contributed by atoms with E-state index in [1.165, 1.54) is 11.9 Å². The van der Waals surface area contributed by atoms with Crippen LogP contribution in [0.4, 0.5) is 0 Å². The van der Waals surface area contributed by atoms with Gasteiger partial charge in [0.1, 0.15) is 0 Å². The van der Waals surface area contributed by atoms with Crippen molar-refractivity contribution in [3.05, 3.63) is 99.4 Å². The lowest BCUT2D eigenvalue weighted by Gasteiger charge is -2.20. The van der Waals surface area contributed by atoms with Crippen LogP contribution in [0.2, 0.25) is 5.02 Å². The van der Waals surface area contributed by atoms with Gasteiger partial charge >= 0.3 is 0 Å². The van der Waals surface area contributed by atoms with Crippen LogP contribution in [-0.2, 0) is 11.3 Å². The number of hydrogen-bond acceptors (Lipinski definition) is 4. The van der Waals surface area contributed by atoms with E-state index in [1.54, 1.807) is 6.07 Å². The molecule has 5 aromatic rings. The van der Waals surface area contributed by atoms with E-state index in [0.717, 1.165) is 39.5 Å². The molecular formula is C29H24ClN5O2. The molecule has 3 heterocycles. The largest absolute Gasteiger partial charge is 0.321 e. The number of carbonyl (C=O) groups is 1. The minimum absolute atomic E-state index is 0.189. The molecular weight excluding hydrogens is 486 g/mol. The number of pyridine rings is 1. The molecule has 0 bridgehead atoms. The van der Waals surface area contributed by atoms with E-state index in [9.17, 15) is 9.59 Å². The molecule has 2 aromatic heterocycles. The number of nitrogens with zero attached hydrogens (tertiary/aromatic N) is 4. The number of aromatic nitrogens is 3. The van der Waals surface area contributed by atoms with Gasteiger partial charge in [-0.15, -0.1) is 0 Å². The van der Waals surface area contributed by atoms with Gasteiger partial charge in [-0.3, -0.25) is 14.3 Å². The van der Waals surface area contributed by atoms with Crippen LogP contribution in [0.5, 0.6) is 0 Å². The van der Waals surface area contributed by atoms with Crippen LogP contribution in [0.3, 0.4) is 0 Å². The summed E-state index contributed by atoms with van der Waals surface area (Å²) in [6.45, 7) is 4.31. The Bertz CT molecular complexity index is 1770. The van der Waals surface area contributed by atoms with Crippen LogP contribution in [0.1, 0.15) is 37.4 Å². The van der Waals surface area contributed by atoms with Crippen LogP contribution >= 0.6 is 11.6 Å². The normalized spacial score (nSPS) is 15.5. The maximum atomic E-state index is 13.5. The number of aromatic amines is 1. The van der Waals surface area contributed by atoms with Gasteiger partial charge in [0.15, 0.2) is 0 Å². The SMILES string of the molecule is CCn1cc2cc(C3CC(c4c(-c5ccccc5)c5cc(Cl)ccc5[nH]c4=O)=NN3C(C)=O)ccc2n1. The number of benzene rings is 3. The van der Waals surface area contributed by atoms with Crippen LogP contribution in [0.25, 0.3) is 32.9 Å². The Morgan fingerprint density at radius 3 is 2.65 bits per heavy atom. The molecule has 0 saturated heterocycles. The Morgan fingerprint density at radius 1 is 1.08 bits per heavy atom. The topological polar surface area (TPSA) is 83.4 Å². The average molecular weight is 510 g/mol. The standard InChI is InChI=1S/C29H24ClN5O2/c1-3-34-16-20-13-19(9-11-23(20)32-34)26-15-25(33-35(26)17(2)36)28-27(18-7-5-4-6-8-18)22-14-21(30)10-12-24(22)31-29(28)37/h4-14,16,26H,3,15H2,1-2H3,(H,31,37). The zero-order chi connectivity index (χ0) is 25.7. The zero-order valence-corrected chi connectivity index (χ0v) is 21.2. The number of halogens is 1. The highest BCUT2D eigenvalue weighted by Crippen LogP contribution is 2.38. The van der Waals surface area contributed by atoms with Crippen molar-refractivity contribution >= 4 is 45.0 Å². The summed E-state index contributed by atoms with van der Waals surface area (Å²) < 4.78 is 1.89. The second-order valence-corrected chi connectivity index (χ2v) is 9.63. The molecule has 1 unspecified atom stereocenters. The van der Waals surface area contributed by atoms with Crippen molar-refractivity contribution in [3.8, 4) is 11.1 Å². The van der Waals surface area contributed by atoms with Crippen molar-refractivity contribution < 1.29 is 4.79 Å². The molecule has 0 spiro atoms. The van der Waals surface area contributed by atoms with Gasteiger partial charge in [-0.05, 0) is 48.4 Å². The number of H-pyrrole nitrogens is 1. The molecule has 1 atom stereocenters. The molecule has 0 fully saturated rings. The Hall–Kier alpha value is -4.23. The van der Waals surface area contributed by atoms with E-state index in [4.69, 9.17) is 16.7 Å². The second kappa shape index (κ2) is 9.01. The molecule has 37 heavy (non-hydrogen) atoms. The Kier molecular flexibility index (Phi) is 5.65. The minimum atomic E-state index is -0.333. The van der Waals surface area contributed by atoms with E-state index >= 15 is 0 Å². The summed E-state index contributed by atoms with van der Waals surface area (Å²) in [4.78, 5) is 29.3. The highest BCUT2D eigenvalue weighted by molar-refractivity contribution is 6.31. The van der Waals surface area contributed by atoms with E-state index in [2.05, 4.69) is 16.1 Å². The fraction of sp³-hybridized carbons (Fsp3) is 0.172. The third-order valence-electron chi connectivity index (χ3n) is 6.84. The molecule has 3 aromatic carbocycles. The molecule has 184 valence electrons. The van der Waals surface area contributed by atoms with Crippen LogP contribution in [0, 0.1) is 0 Å². The summed E-state index contributed by atoms with van der Waals surface area (Å²) in [5, 5.41) is 13.2. The molecule has 1 aliphatic rings. The van der Waals surface area contributed by atoms with Crippen molar-refractivity contribution in [1.82, 2.24) is 19.8 Å². The lowest BCUT2D eigenvalue weighted by atomic mass is 9.91. The number of carbonyl (C=O) groups excluding carboxylic acids is 1. The summed E-state index contributed by atoms with van der Waals surface area (Å²) in [6, 6.07) is 20.8. The summed E-state index contributed by atoms with van der Waals surface area (Å²) >= 11 is 6.38. The number of fused-ring (bicyclic) bond motifs is 2. The van der Waals surface area contributed by atoms with E-state index in [0.29, 0.717) is 28.2 Å². The molecule has 0 radical (unpaired) electrons. The van der Waals surface area contributed by atoms with Crippen molar-refractivity contribution in [2.75, 3.05) is 0 Å². The molecule has 8 heteroatoms. The fourth-order valence-electron chi connectivity index (χ4n) is 5.12. The first kappa shape index (κ1) is 23.2. The van der Waals surface area contributed by atoms with Crippen LogP contribution in [-0.4, -0.2) is 31.4 Å². The van der Waals surface area contributed by atoms with Gasteiger partial charge in [-0.2, -0.15) is 10.2 Å². The van der Waals surface area contributed by atoms with Gasteiger partial charge in [-0.25, -0.2) is 5.01 Å². The third-order valence-corrected chi connectivity index (χ3v) is 7.08. The van der Waals surface area contributed by atoms with Gasteiger partial charge in [0.25, 0.3) is 5.56 Å². The predicted molar refractivity (Wildman–Crippen MR) is 147 cm³/mol. The molecule has 1 aliphatic heterocycles. The number of amides is 1. The predicted octanol–water partition coefficient (Wildman–Crippen LogP) is 5.92. The Labute approximate surface area is 218 Å². The van der Waals surface area contributed by atoms with E-state index in [1.807, 2.05) is 72.4 Å². The van der Waals surface area contributed by atoms with E-state index in [-0.39, 0.29) is 17.5 Å². The average Bonchev–Trinajstić information content (AvgIpc) is 3.53. The monoisotopic (exact) mass is 509 g/mol. The summed E-state index contributed by atoms with van der Waals surface area (Å²) in [6.07, 6.45) is 2.40. The zero-order valence-electron chi connectivity index (χ0n) is 20.4. The smallest absolute Gasteiger partial charge is 0.258 e. The second-order valence-electron chi connectivity index (χ2n) is 9.19. The maximum absolute atomic E-state index is 13.5. The lowest BCUT2D eigenvalue weighted by Crippen LogP contribution is -2.24. The van der Waals surface area contributed by atoms with Crippen molar-refractivity contribution in [3.63, 3.8) is 0 Å². The summed E-state index contributed by atoms with van der Waals surface area (Å²) in [5.41, 5.74) is 4.92. The third kappa shape index (κ3) is 4.01. The number of hydrogen-bond donors (Lipinski definition) is 1. The molecule has 0 saturated carbocycles. The van der Waals surface area contributed by atoms with E-state index < -0.39 is 0 Å². The first-order valence-corrected chi connectivity index (χ1v) is 12.6. The van der Waals surface area contributed by atoms with Gasteiger partial charge < -0.3 is 4.98 Å². The van der Waals surface area contributed by atoms with Crippen molar-refractivity contribution in [2.45, 2.75) is 32.9 Å². The fourth-order valence-corrected chi connectivity index (χ4v) is 5.29. The van der Waals surface area contributed by atoms with Gasteiger partial charge in [0.05, 0.1) is 22.8 Å². The van der Waals surface area contributed by atoms with Gasteiger partial charge in [0, 0.05) is 53.0 Å². The highest BCUT2D eigenvalue weighted by Gasteiger charge is 2.34. The molecule has 7 nitrogen and oxygen atoms in total. The van der Waals surface area contributed by atoms with Crippen LogP contribution < -0.4 is 5.56 Å². The van der Waals surface area contributed by atoms with Crippen molar-refractivity contribution in [1.29, 1.82) is 0 Å². The maximum Gasteiger partial charge on any atom is 0.258 e. The first-order chi connectivity index (χ1) is 17.9. The van der Waals surface area contributed by atoms with Crippen molar-refractivity contribution in [2.24, 2.45) is 5.10 Å². The number of hydrazone groups is 1. The molecule has 1 N–H and O–H groups in total. The quantitative estimate of drug-likeness (QED) is 0.326. The lowest BCUT2D eigenvalue weighted by molar-refractivity contribution is -0.130. The Balaban J connectivity index is 1.52. The summed E-state index contributed by atoms with van der Waals surface area (Å²) in [5.74, 6) is -0.189.